The maximum absolute atomic E-state index is 6.50. The monoisotopic (exact) mass is 406 g/mol. The molecule has 0 aliphatic carbocycles. The standard InChI is InChI=1S/C28H22BNO.Li/c1-17-6-5-7-20(12-17)21-15-25-28-27(16-21)31-26-11-9-19(3)14-23(26)29(28)22-13-18(2)8-10-24(22)30(25)4;/h5-6,8-14,16H,1-4H3;/q-2;+1. The van der Waals surface area contributed by atoms with Crippen LogP contribution < -0.4 is 44.9 Å². The van der Waals surface area contributed by atoms with Crippen molar-refractivity contribution in [2.24, 2.45) is 0 Å². The van der Waals surface area contributed by atoms with Crippen molar-refractivity contribution in [3.8, 4) is 22.6 Å². The second kappa shape index (κ2) is 7.63. The van der Waals surface area contributed by atoms with Crippen LogP contribution in [0.2, 0.25) is 0 Å². The third-order valence-electron chi connectivity index (χ3n) is 6.47. The number of anilines is 2. The van der Waals surface area contributed by atoms with Gasteiger partial charge in [0, 0.05) is 18.5 Å². The number of aryl methyl sites for hydroxylation is 3. The Hall–Kier alpha value is -2.86. The first-order valence-corrected chi connectivity index (χ1v) is 10.7. The third kappa shape index (κ3) is 3.12. The van der Waals surface area contributed by atoms with Crippen LogP contribution in [0.4, 0.5) is 11.4 Å². The third-order valence-corrected chi connectivity index (χ3v) is 6.47. The molecule has 0 aromatic heterocycles. The summed E-state index contributed by atoms with van der Waals surface area (Å²) in [6, 6.07) is 28.7. The van der Waals surface area contributed by atoms with E-state index in [1.807, 2.05) is 6.07 Å². The van der Waals surface area contributed by atoms with Crippen molar-refractivity contribution in [3.63, 3.8) is 0 Å². The maximum Gasteiger partial charge on any atom is 1.00 e. The Labute approximate surface area is 202 Å². The van der Waals surface area contributed by atoms with E-state index in [-0.39, 0.29) is 25.6 Å². The van der Waals surface area contributed by atoms with Crippen molar-refractivity contribution in [2.75, 3.05) is 11.9 Å². The van der Waals surface area contributed by atoms with Crippen LogP contribution >= 0.6 is 0 Å². The average molecular weight is 406 g/mol. The molecular weight excluding hydrogens is 384 g/mol. The predicted octanol–water partition coefficient (Wildman–Crippen LogP) is 1.59. The fraction of sp³-hybridized carbons (Fsp3) is 0.143. The normalized spacial score (nSPS) is 12.9. The molecule has 4 heteroatoms. The SMILES string of the molecule is Cc1cc[c-]c(-c2[c-]c3c4c(c2)Oc2ccc(C)cc2B4c2cc(C)ccc2N3C)c1.[Li+]. The van der Waals surface area contributed by atoms with E-state index in [0.717, 1.165) is 28.3 Å². The Bertz CT molecular complexity index is 1380. The van der Waals surface area contributed by atoms with Gasteiger partial charge in [0.05, 0.1) is 0 Å². The summed E-state index contributed by atoms with van der Waals surface area (Å²) in [4.78, 5) is 2.26. The minimum Gasteiger partial charge on any atom is -0.478 e. The Morgan fingerprint density at radius 2 is 1.50 bits per heavy atom. The molecule has 0 saturated carbocycles. The zero-order valence-corrected chi connectivity index (χ0v) is 19.2. The number of hydrogen-bond acceptors (Lipinski definition) is 2. The van der Waals surface area contributed by atoms with E-state index in [0.29, 0.717) is 0 Å². The second-order valence-corrected chi connectivity index (χ2v) is 8.79. The summed E-state index contributed by atoms with van der Waals surface area (Å²) in [5.41, 5.74) is 11.8. The Kier molecular flexibility index (Phi) is 5.01. The van der Waals surface area contributed by atoms with Gasteiger partial charge in [-0.15, -0.1) is 17.7 Å². The van der Waals surface area contributed by atoms with Crippen LogP contribution in [-0.2, 0) is 0 Å². The summed E-state index contributed by atoms with van der Waals surface area (Å²) in [7, 11) is 2.13. The zero-order chi connectivity index (χ0) is 21.3. The summed E-state index contributed by atoms with van der Waals surface area (Å²) in [6.07, 6.45) is 0. The largest absolute Gasteiger partial charge is 1.00 e. The molecule has 4 aromatic carbocycles. The summed E-state index contributed by atoms with van der Waals surface area (Å²) in [5, 5.41) is 0. The Morgan fingerprint density at radius 3 is 2.28 bits per heavy atom. The number of rotatable bonds is 1. The van der Waals surface area contributed by atoms with E-state index >= 15 is 0 Å². The topological polar surface area (TPSA) is 12.5 Å². The number of ether oxygens (including phenoxy) is 1. The minimum atomic E-state index is 0. The van der Waals surface area contributed by atoms with Crippen molar-refractivity contribution >= 4 is 34.5 Å². The van der Waals surface area contributed by atoms with Crippen LogP contribution in [0.1, 0.15) is 16.7 Å². The molecule has 0 atom stereocenters. The van der Waals surface area contributed by atoms with Crippen LogP contribution in [0.3, 0.4) is 0 Å². The number of benzene rings is 4. The number of hydrogen-bond donors (Lipinski definition) is 0. The van der Waals surface area contributed by atoms with Gasteiger partial charge in [-0.2, -0.15) is 24.3 Å². The van der Waals surface area contributed by atoms with Gasteiger partial charge in [-0.3, -0.25) is 0 Å². The van der Waals surface area contributed by atoms with Gasteiger partial charge in [-0.1, -0.05) is 58.9 Å². The molecule has 6 rings (SSSR count). The summed E-state index contributed by atoms with van der Waals surface area (Å²) in [6.45, 7) is 6.56. The van der Waals surface area contributed by atoms with E-state index in [9.17, 15) is 0 Å². The summed E-state index contributed by atoms with van der Waals surface area (Å²) >= 11 is 0. The molecule has 2 aliphatic heterocycles. The summed E-state index contributed by atoms with van der Waals surface area (Å²) < 4.78 is 6.50. The zero-order valence-electron chi connectivity index (χ0n) is 19.2. The molecular formula is C28H22BLiNO-. The van der Waals surface area contributed by atoms with E-state index < -0.39 is 0 Å². The van der Waals surface area contributed by atoms with Crippen LogP contribution in [-0.4, -0.2) is 13.8 Å². The summed E-state index contributed by atoms with van der Waals surface area (Å²) in [5.74, 6) is 1.86. The fourth-order valence-electron chi connectivity index (χ4n) is 4.98. The minimum absolute atomic E-state index is 0. The van der Waals surface area contributed by atoms with Crippen LogP contribution in [0, 0.1) is 32.9 Å². The number of nitrogens with zero attached hydrogens (tertiary/aromatic N) is 1. The molecule has 2 nitrogen and oxygen atoms in total. The second-order valence-electron chi connectivity index (χ2n) is 8.79. The fourth-order valence-corrected chi connectivity index (χ4v) is 4.98. The molecule has 0 saturated heterocycles. The quantitative estimate of drug-likeness (QED) is 0.310. The first kappa shape index (κ1) is 21.0. The molecule has 0 radical (unpaired) electrons. The Morgan fingerprint density at radius 1 is 0.781 bits per heavy atom. The average Bonchev–Trinajstić information content (AvgIpc) is 2.76. The van der Waals surface area contributed by atoms with Gasteiger partial charge in [0.25, 0.3) is 0 Å². The van der Waals surface area contributed by atoms with Crippen molar-refractivity contribution in [3.05, 3.63) is 89.5 Å². The van der Waals surface area contributed by atoms with E-state index in [4.69, 9.17) is 4.74 Å². The van der Waals surface area contributed by atoms with Crippen molar-refractivity contribution < 1.29 is 23.6 Å². The predicted molar refractivity (Wildman–Crippen MR) is 129 cm³/mol. The van der Waals surface area contributed by atoms with E-state index in [1.165, 1.54) is 38.8 Å². The van der Waals surface area contributed by atoms with Gasteiger partial charge in [-0.05, 0) is 31.4 Å². The van der Waals surface area contributed by atoms with Crippen LogP contribution in [0.25, 0.3) is 11.1 Å². The molecule has 32 heavy (non-hydrogen) atoms. The van der Waals surface area contributed by atoms with Crippen molar-refractivity contribution in [1.82, 2.24) is 0 Å². The smallest absolute Gasteiger partial charge is 0.478 e. The van der Waals surface area contributed by atoms with E-state index in [2.05, 4.69) is 99.4 Å². The first-order chi connectivity index (χ1) is 15.0. The van der Waals surface area contributed by atoms with Gasteiger partial charge < -0.3 is 9.64 Å². The molecule has 0 fully saturated rings. The molecule has 2 aliphatic rings. The maximum atomic E-state index is 6.50. The molecule has 0 bridgehead atoms. The van der Waals surface area contributed by atoms with Gasteiger partial charge in [0.2, 0.25) is 6.71 Å². The van der Waals surface area contributed by atoms with Gasteiger partial charge in [0.1, 0.15) is 5.75 Å². The van der Waals surface area contributed by atoms with Crippen LogP contribution in [0.15, 0.2) is 60.7 Å². The molecule has 2 heterocycles. The van der Waals surface area contributed by atoms with Crippen molar-refractivity contribution in [1.29, 1.82) is 0 Å². The number of fused-ring (bicyclic) bond motifs is 4. The van der Waals surface area contributed by atoms with E-state index in [1.54, 1.807) is 0 Å². The van der Waals surface area contributed by atoms with Gasteiger partial charge >= 0.3 is 18.9 Å². The molecule has 0 unspecified atom stereocenters. The molecule has 0 N–H and O–H groups in total. The Balaban J connectivity index is 0.00000216. The molecule has 0 amide bonds. The molecule has 0 spiro atoms. The van der Waals surface area contributed by atoms with Gasteiger partial charge in [0.15, 0.2) is 0 Å². The molecule has 4 aromatic rings. The first-order valence-electron chi connectivity index (χ1n) is 10.7. The molecule has 150 valence electrons. The van der Waals surface area contributed by atoms with Gasteiger partial charge in [-0.25, -0.2) is 11.1 Å². The van der Waals surface area contributed by atoms with Crippen molar-refractivity contribution in [2.45, 2.75) is 20.8 Å². The van der Waals surface area contributed by atoms with Crippen LogP contribution in [0.5, 0.6) is 11.5 Å².